The fourth-order valence-corrected chi connectivity index (χ4v) is 1.95. The lowest BCUT2D eigenvalue weighted by Gasteiger charge is -2.10. The molecule has 4 heteroatoms. The fraction of sp³-hybridized carbons (Fsp3) is 0.250. The highest BCUT2D eigenvalue weighted by atomic mass is 16.5. The Morgan fingerprint density at radius 1 is 1.44 bits per heavy atom. The molecule has 1 atom stereocenters. The maximum absolute atomic E-state index is 5.59. The van der Waals surface area contributed by atoms with Gasteiger partial charge in [-0.05, 0) is 6.07 Å². The Morgan fingerprint density at radius 2 is 2.38 bits per heavy atom. The largest absolute Gasteiger partial charge is 0.491 e. The summed E-state index contributed by atoms with van der Waals surface area (Å²) < 4.78 is 5.59. The van der Waals surface area contributed by atoms with Gasteiger partial charge in [-0.3, -0.25) is 0 Å². The number of rotatable bonds is 3. The minimum Gasteiger partial charge on any atom is -0.491 e. The van der Waals surface area contributed by atoms with Crippen molar-refractivity contribution < 1.29 is 4.74 Å². The smallest absolute Gasteiger partial charge is 0.124 e. The van der Waals surface area contributed by atoms with Crippen LogP contribution in [0.2, 0.25) is 0 Å². The van der Waals surface area contributed by atoms with Crippen molar-refractivity contribution in [1.82, 2.24) is 15.3 Å². The van der Waals surface area contributed by atoms with Gasteiger partial charge in [0.2, 0.25) is 0 Å². The number of imidazole rings is 1. The molecule has 0 radical (unpaired) electrons. The summed E-state index contributed by atoms with van der Waals surface area (Å²) in [5, 5.41) is 3.44. The second kappa shape index (κ2) is 3.98. The van der Waals surface area contributed by atoms with Gasteiger partial charge in [-0.1, -0.05) is 18.2 Å². The molecule has 1 aliphatic rings. The van der Waals surface area contributed by atoms with Gasteiger partial charge in [-0.15, -0.1) is 0 Å². The fourth-order valence-electron chi connectivity index (χ4n) is 1.95. The second-order valence-electron chi connectivity index (χ2n) is 3.86. The topological polar surface area (TPSA) is 49.9 Å². The number of benzene rings is 1. The number of ether oxygens (including phenoxy) is 1. The maximum atomic E-state index is 5.59. The molecule has 4 nitrogen and oxygen atoms in total. The zero-order chi connectivity index (χ0) is 10.8. The highest BCUT2D eigenvalue weighted by molar-refractivity contribution is 5.39. The average Bonchev–Trinajstić information content (AvgIpc) is 2.96. The Labute approximate surface area is 93.7 Å². The van der Waals surface area contributed by atoms with E-state index in [1.54, 1.807) is 6.33 Å². The Hall–Kier alpha value is -1.81. The third-order valence-electron chi connectivity index (χ3n) is 2.79. The van der Waals surface area contributed by atoms with Crippen molar-refractivity contribution in [1.29, 1.82) is 0 Å². The van der Waals surface area contributed by atoms with Crippen LogP contribution >= 0.6 is 0 Å². The summed E-state index contributed by atoms with van der Waals surface area (Å²) in [7, 11) is 0. The van der Waals surface area contributed by atoms with Gasteiger partial charge in [0, 0.05) is 24.0 Å². The third-order valence-corrected chi connectivity index (χ3v) is 2.79. The summed E-state index contributed by atoms with van der Waals surface area (Å²) in [5.41, 5.74) is 2.33. The molecule has 1 aromatic heterocycles. The van der Waals surface area contributed by atoms with E-state index < -0.39 is 0 Å². The SMILES string of the molecule is c1ccc2c(c1)OCC2NCc1cnc[nH]1. The molecule has 0 aliphatic carbocycles. The summed E-state index contributed by atoms with van der Waals surface area (Å²) in [5.74, 6) is 0.990. The van der Waals surface area contributed by atoms with Gasteiger partial charge in [0.25, 0.3) is 0 Å². The lowest BCUT2D eigenvalue weighted by atomic mass is 10.1. The molecule has 0 saturated heterocycles. The van der Waals surface area contributed by atoms with E-state index in [9.17, 15) is 0 Å². The predicted molar refractivity (Wildman–Crippen MR) is 60.1 cm³/mol. The predicted octanol–water partition coefficient (Wildman–Crippen LogP) is 1.63. The van der Waals surface area contributed by atoms with Gasteiger partial charge < -0.3 is 15.0 Å². The van der Waals surface area contributed by atoms with Crippen molar-refractivity contribution in [3.63, 3.8) is 0 Å². The lowest BCUT2D eigenvalue weighted by molar-refractivity contribution is 0.310. The van der Waals surface area contributed by atoms with Crippen LogP contribution in [0, 0.1) is 0 Å². The first kappa shape index (κ1) is 9.42. The maximum Gasteiger partial charge on any atom is 0.124 e. The van der Waals surface area contributed by atoms with E-state index in [0.717, 1.165) is 18.0 Å². The van der Waals surface area contributed by atoms with Crippen molar-refractivity contribution in [3.05, 3.63) is 48.0 Å². The number of para-hydroxylation sites is 1. The van der Waals surface area contributed by atoms with Crippen LogP contribution in [0.1, 0.15) is 17.3 Å². The van der Waals surface area contributed by atoms with E-state index >= 15 is 0 Å². The van der Waals surface area contributed by atoms with Gasteiger partial charge in [-0.2, -0.15) is 0 Å². The number of aromatic amines is 1. The van der Waals surface area contributed by atoms with Crippen LogP contribution in [0.4, 0.5) is 0 Å². The third kappa shape index (κ3) is 1.67. The number of H-pyrrole nitrogens is 1. The van der Waals surface area contributed by atoms with Crippen molar-refractivity contribution in [2.45, 2.75) is 12.6 Å². The van der Waals surface area contributed by atoms with Crippen LogP contribution < -0.4 is 10.1 Å². The number of aromatic nitrogens is 2. The zero-order valence-electron chi connectivity index (χ0n) is 8.81. The van der Waals surface area contributed by atoms with Crippen LogP contribution in [-0.2, 0) is 6.54 Å². The van der Waals surface area contributed by atoms with Crippen LogP contribution in [0.5, 0.6) is 5.75 Å². The number of hydrogen-bond acceptors (Lipinski definition) is 3. The van der Waals surface area contributed by atoms with Crippen LogP contribution in [0.25, 0.3) is 0 Å². The standard InChI is InChI=1S/C12H13N3O/c1-2-4-12-10(3-1)11(7-16-12)14-6-9-5-13-8-15-9/h1-5,8,11,14H,6-7H2,(H,13,15). The molecular formula is C12H13N3O. The molecule has 16 heavy (non-hydrogen) atoms. The van der Waals surface area contributed by atoms with E-state index in [-0.39, 0.29) is 6.04 Å². The summed E-state index contributed by atoms with van der Waals surface area (Å²) in [6.07, 6.45) is 3.52. The number of hydrogen-bond donors (Lipinski definition) is 2. The van der Waals surface area contributed by atoms with Gasteiger partial charge in [0.1, 0.15) is 12.4 Å². The van der Waals surface area contributed by atoms with Crippen molar-refractivity contribution in [2.24, 2.45) is 0 Å². The molecule has 2 aromatic rings. The molecule has 0 bridgehead atoms. The van der Waals surface area contributed by atoms with E-state index in [4.69, 9.17) is 4.74 Å². The van der Waals surface area contributed by atoms with Crippen LogP contribution in [0.15, 0.2) is 36.8 Å². The van der Waals surface area contributed by atoms with Gasteiger partial charge in [0.15, 0.2) is 0 Å². The quantitative estimate of drug-likeness (QED) is 0.818. The number of nitrogens with zero attached hydrogens (tertiary/aromatic N) is 1. The van der Waals surface area contributed by atoms with Crippen molar-refractivity contribution in [2.75, 3.05) is 6.61 Å². The van der Waals surface area contributed by atoms with Gasteiger partial charge in [0.05, 0.1) is 12.4 Å². The van der Waals surface area contributed by atoms with E-state index in [1.165, 1.54) is 5.56 Å². The van der Waals surface area contributed by atoms with E-state index in [0.29, 0.717) is 6.61 Å². The summed E-state index contributed by atoms with van der Waals surface area (Å²) in [6.45, 7) is 1.48. The first-order valence-corrected chi connectivity index (χ1v) is 5.36. The molecule has 1 unspecified atom stereocenters. The lowest BCUT2D eigenvalue weighted by Crippen LogP contribution is -2.22. The molecule has 82 valence electrons. The van der Waals surface area contributed by atoms with Crippen LogP contribution in [0.3, 0.4) is 0 Å². The second-order valence-corrected chi connectivity index (χ2v) is 3.86. The Morgan fingerprint density at radius 3 is 3.25 bits per heavy atom. The Bertz CT molecular complexity index is 467. The molecule has 0 amide bonds. The molecule has 1 aliphatic heterocycles. The summed E-state index contributed by atoms with van der Waals surface area (Å²) in [4.78, 5) is 7.06. The number of fused-ring (bicyclic) bond motifs is 1. The molecule has 2 heterocycles. The Kier molecular flexibility index (Phi) is 2.34. The normalized spacial score (nSPS) is 18.1. The monoisotopic (exact) mass is 215 g/mol. The van der Waals surface area contributed by atoms with Crippen molar-refractivity contribution in [3.8, 4) is 5.75 Å². The van der Waals surface area contributed by atoms with Gasteiger partial charge in [-0.25, -0.2) is 4.98 Å². The van der Waals surface area contributed by atoms with E-state index in [2.05, 4.69) is 21.4 Å². The first-order valence-electron chi connectivity index (χ1n) is 5.36. The minimum atomic E-state index is 0.277. The minimum absolute atomic E-state index is 0.277. The highest BCUT2D eigenvalue weighted by Crippen LogP contribution is 2.31. The average molecular weight is 215 g/mol. The Balaban J connectivity index is 1.69. The summed E-state index contributed by atoms with van der Waals surface area (Å²) in [6, 6.07) is 8.42. The molecular weight excluding hydrogens is 202 g/mol. The van der Waals surface area contributed by atoms with E-state index in [1.807, 2.05) is 24.4 Å². The molecule has 2 N–H and O–H groups in total. The molecule has 1 aromatic carbocycles. The highest BCUT2D eigenvalue weighted by Gasteiger charge is 2.22. The summed E-state index contributed by atoms with van der Waals surface area (Å²) >= 11 is 0. The molecule has 0 fully saturated rings. The molecule has 0 saturated carbocycles. The van der Waals surface area contributed by atoms with Crippen LogP contribution in [-0.4, -0.2) is 16.6 Å². The first-order chi connectivity index (χ1) is 7.93. The van der Waals surface area contributed by atoms with Crippen molar-refractivity contribution >= 4 is 0 Å². The zero-order valence-corrected chi connectivity index (χ0v) is 8.81. The molecule has 3 rings (SSSR count). The molecule has 0 spiro atoms. The van der Waals surface area contributed by atoms with Gasteiger partial charge >= 0.3 is 0 Å². The number of nitrogens with one attached hydrogen (secondary N) is 2.